The molecular weight excluding hydrogens is 189 g/mol. The molecule has 0 saturated heterocycles. The Bertz CT molecular complexity index is 390. The number of phenolic OH excluding ortho intramolecular Hbond substituents is 1. The summed E-state index contributed by atoms with van der Waals surface area (Å²) in [6.45, 7) is 3.42. The van der Waals surface area contributed by atoms with Crippen LogP contribution in [0.4, 0.5) is 10.1 Å². The number of rotatable bonds is 3. The molecule has 0 aliphatic heterocycles. The van der Waals surface area contributed by atoms with Gasteiger partial charge in [0.05, 0.1) is 11.0 Å². The number of nitro groups is 1. The summed E-state index contributed by atoms with van der Waals surface area (Å²) in [7, 11) is 0. The summed E-state index contributed by atoms with van der Waals surface area (Å²) < 4.78 is 13.0. The van der Waals surface area contributed by atoms with Gasteiger partial charge in [-0.3, -0.25) is 10.1 Å². The Kier molecular flexibility index (Phi) is 2.81. The largest absolute Gasteiger partial charge is 0.507 e. The van der Waals surface area contributed by atoms with Gasteiger partial charge < -0.3 is 5.11 Å². The maximum absolute atomic E-state index is 13.0. The fourth-order valence-corrected chi connectivity index (χ4v) is 1.05. The zero-order chi connectivity index (χ0) is 10.7. The van der Waals surface area contributed by atoms with E-state index in [-0.39, 0.29) is 17.7 Å². The topological polar surface area (TPSA) is 63.4 Å². The molecule has 0 aromatic heterocycles. The molecule has 0 unspecified atom stereocenters. The monoisotopic (exact) mass is 197 g/mol. The standard InChI is InChI=1S/C9H8FNO3/c1-2-3-6-4-7(10)8(11(13)14)5-9(6)12/h2,4-5,12H,1,3H2. The second kappa shape index (κ2) is 3.87. The molecule has 1 aromatic carbocycles. The van der Waals surface area contributed by atoms with Crippen LogP contribution in [0.3, 0.4) is 0 Å². The summed E-state index contributed by atoms with van der Waals surface area (Å²) in [4.78, 5) is 9.40. The van der Waals surface area contributed by atoms with Gasteiger partial charge in [0, 0.05) is 5.56 Å². The highest BCUT2D eigenvalue weighted by Gasteiger charge is 2.17. The highest BCUT2D eigenvalue weighted by molar-refractivity contribution is 5.45. The third-order valence-electron chi connectivity index (χ3n) is 1.71. The lowest BCUT2D eigenvalue weighted by atomic mass is 10.1. The van der Waals surface area contributed by atoms with Gasteiger partial charge in [-0.1, -0.05) is 6.08 Å². The van der Waals surface area contributed by atoms with Crippen molar-refractivity contribution in [1.29, 1.82) is 0 Å². The van der Waals surface area contributed by atoms with Crippen molar-refractivity contribution in [3.05, 3.63) is 46.3 Å². The molecule has 0 amide bonds. The maximum atomic E-state index is 13.0. The normalized spacial score (nSPS) is 9.79. The second-order valence-electron chi connectivity index (χ2n) is 2.68. The first-order valence-corrected chi connectivity index (χ1v) is 3.83. The average Bonchev–Trinajstić information content (AvgIpc) is 2.10. The van der Waals surface area contributed by atoms with Gasteiger partial charge in [0.15, 0.2) is 0 Å². The summed E-state index contributed by atoms with van der Waals surface area (Å²) in [5.74, 6) is -1.25. The molecule has 14 heavy (non-hydrogen) atoms. The molecule has 0 fully saturated rings. The molecular formula is C9H8FNO3. The van der Waals surface area contributed by atoms with E-state index in [1.54, 1.807) is 0 Å². The summed E-state index contributed by atoms with van der Waals surface area (Å²) in [5, 5.41) is 19.6. The molecule has 0 atom stereocenters. The average molecular weight is 197 g/mol. The third kappa shape index (κ3) is 1.87. The quantitative estimate of drug-likeness (QED) is 0.458. The Hall–Kier alpha value is -1.91. The molecule has 1 N–H and O–H groups in total. The Labute approximate surface area is 79.4 Å². The van der Waals surface area contributed by atoms with E-state index in [4.69, 9.17) is 0 Å². The van der Waals surface area contributed by atoms with E-state index in [0.717, 1.165) is 12.1 Å². The highest BCUT2D eigenvalue weighted by atomic mass is 19.1. The minimum absolute atomic E-state index is 0.265. The van der Waals surface area contributed by atoms with E-state index in [0.29, 0.717) is 0 Å². The number of halogens is 1. The van der Waals surface area contributed by atoms with Crippen molar-refractivity contribution >= 4 is 5.69 Å². The van der Waals surface area contributed by atoms with Crippen molar-refractivity contribution in [3.8, 4) is 5.75 Å². The van der Waals surface area contributed by atoms with Gasteiger partial charge in [-0.25, -0.2) is 0 Å². The minimum Gasteiger partial charge on any atom is -0.507 e. The minimum atomic E-state index is -0.954. The van der Waals surface area contributed by atoms with Crippen molar-refractivity contribution in [2.75, 3.05) is 0 Å². The van der Waals surface area contributed by atoms with E-state index in [9.17, 15) is 19.6 Å². The number of hydrogen-bond donors (Lipinski definition) is 1. The molecule has 0 heterocycles. The molecule has 1 rings (SSSR count). The lowest BCUT2D eigenvalue weighted by Gasteiger charge is -2.01. The lowest BCUT2D eigenvalue weighted by molar-refractivity contribution is -0.387. The van der Waals surface area contributed by atoms with Gasteiger partial charge in [-0.15, -0.1) is 6.58 Å². The van der Waals surface area contributed by atoms with Gasteiger partial charge in [0.25, 0.3) is 0 Å². The predicted molar refractivity (Wildman–Crippen MR) is 48.6 cm³/mol. The molecule has 5 heteroatoms. The van der Waals surface area contributed by atoms with Gasteiger partial charge in [0.1, 0.15) is 5.75 Å². The zero-order valence-corrected chi connectivity index (χ0v) is 7.24. The van der Waals surface area contributed by atoms with Crippen LogP contribution in [-0.2, 0) is 6.42 Å². The summed E-state index contributed by atoms with van der Waals surface area (Å²) in [6, 6.07) is 1.74. The van der Waals surface area contributed by atoms with Crippen LogP contribution < -0.4 is 0 Å². The van der Waals surface area contributed by atoms with E-state index >= 15 is 0 Å². The number of hydrogen-bond acceptors (Lipinski definition) is 3. The SMILES string of the molecule is C=CCc1cc(F)c([N+](=O)[O-])cc1O. The van der Waals surface area contributed by atoms with Gasteiger partial charge in [-0.05, 0) is 12.5 Å². The molecule has 0 saturated carbocycles. The van der Waals surface area contributed by atoms with Crippen LogP contribution >= 0.6 is 0 Å². The van der Waals surface area contributed by atoms with Crippen LogP contribution in [0.15, 0.2) is 24.8 Å². The van der Waals surface area contributed by atoms with Crippen LogP contribution in [-0.4, -0.2) is 10.0 Å². The predicted octanol–water partition coefficient (Wildman–Crippen LogP) is 2.17. The van der Waals surface area contributed by atoms with E-state index in [1.807, 2.05) is 0 Å². The summed E-state index contributed by atoms with van der Waals surface area (Å²) in [6.07, 6.45) is 1.74. The van der Waals surface area contributed by atoms with Crippen LogP contribution in [0.2, 0.25) is 0 Å². The summed E-state index contributed by atoms with van der Waals surface area (Å²) in [5.41, 5.74) is -0.446. The maximum Gasteiger partial charge on any atom is 0.308 e. The Morgan fingerprint density at radius 1 is 1.64 bits per heavy atom. The lowest BCUT2D eigenvalue weighted by Crippen LogP contribution is -1.94. The van der Waals surface area contributed by atoms with E-state index in [2.05, 4.69) is 6.58 Å². The van der Waals surface area contributed by atoms with Crippen molar-refractivity contribution < 1.29 is 14.4 Å². The molecule has 74 valence electrons. The van der Waals surface area contributed by atoms with Crippen molar-refractivity contribution in [2.24, 2.45) is 0 Å². The fourth-order valence-electron chi connectivity index (χ4n) is 1.05. The summed E-state index contributed by atoms with van der Waals surface area (Å²) >= 11 is 0. The first-order valence-electron chi connectivity index (χ1n) is 3.83. The third-order valence-corrected chi connectivity index (χ3v) is 1.71. The van der Waals surface area contributed by atoms with Crippen molar-refractivity contribution in [1.82, 2.24) is 0 Å². The van der Waals surface area contributed by atoms with E-state index in [1.165, 1.54) is 6.08 Å². The Morgan fingerprint density at radius 2 is 2.29 bits per heavy atom. The Morgan fingerprint density at radius 3 is 2.79 bits per heavy atom. The zero-order valence-electron chi connectivity index (χ0n) is 7.24. The van der Waals surface area contributed by atoms with Gasteiger partial charge >= 0.3 is 5.69 Å². The van der Waals surface area contributed by atoms with Crippen LogP contribution in [0, 0.1) is 15.9 Å². The number of nitrogens with zero attached hydrogens (tertiary/aromatic N) is 1. The number of nitro benzene ring substituents is 1. The van der Waals surface area contributed by atoms with Gasteiger partial charge in [0.2, 0.25) is 5.82 Å². The Balaban J connectivity index is 3.23. The van der Waals surface area contributed by atoms with Crippen LogP contribution in [0.25, 0.3) is 0 Å². The molecule has 0 bridgehead atoms. The molecule has 1 aromatic rings. The van der Waals surface area contributed by atoms with Crippen LogP contribution in [0.1, 0.15) is 5.56 Å². The fraction of sp³-hybridized carbons (Fsp3) is 0.111. The number of benzene rings is 1. The first kappa shape index (κ1) is 10.2. The van der Waals surface area contributed by atoms with Crippen molar-refractivity contribution in [2.45, 2.75) is 6.42 Å². The first-order chi connectivity index (χ1) is 6.56. The molecule has 0 aliphatic rings. The molecule has 0 spiro atoms. The van der Waals surface area contributed by atoms with Crippen LogP contribution in [0.5, 0.6) is 5.75 Å². The second-order valence-corrected chi connectivity index (χ2v) is 2.68. The van der Waals surface area contributed by atoms with E-state index < -0.39 is 16.4 Å². The molecule has 0 aliphatic carbocycles. The highest BCUT2D eigenvalue weighted by Crippen LogP contribution is 2.27. The molecule has 0 radical (unpaired) electrons. The molecule has 4 nitrogen and oxygen atoms in total. The number of aromatic hydroxyl groups is 1. The number of allylic oxidation sites excluding steroid dienone is 1. The van der Waals surface area contributed by atoms with Gasteiger partial charge in [-0.2, -0.15) is 4.39 Å². The van der Waals surface area contributed by atoms with Crippen molar-refractivity contribution in [3.63, 3.8) is 0 Å². The smallest absolute Gasteiger partial charge is 0.308 e. The number of phenols is 1.